The number of methoxy groups -OCH3 is 1. The molecule has 0 atom stereocenters. The number of hydrogen-bond donors (Lipinski definition) is 0. The molecule has 0 fully saturated rings. The van der Waals surface area contributed by atoms with Crippen molar-refractivity contribution in [3.63, 3.8) is 0 Å². The third-order valence-corrected chi connectivity index (χ3v) is 4.64. The second-order valence-electron chi connectivity index (χ2n) is 6.22. The maximum atomic E-state index is 12.5. The van der Waals surface area contributed by atoms with Crippen molar-refractivity contribution in [1.29, 1.82) is 0 Å². The number of benzene rings is 1. The largest absolute Gasteiger partial charge is 0.451 e. The number of carbonyl (C=O) groups excluding carboxylic acids is 2. The molecule has 0 spiro atoms. The fourth-order valence-corrected chi connectivity index (χ4v) is 3.19. The van der Waals surface area contributed by atoms with Crippen molar-refractivity contribution in [2.45, 2.75) is 20.4 Å². The zero-order valence-electron chi connectivity index (χ0n) is 15.4. The lowest BCUT2D eigenvalue weighted by atomic mass is 10.1. The average Bonchev–Trinajstić information content (AvgIpc) is 3.18. The van der Waals surface area contributed by atoms with Crippen LogP contribution in [0.2, 0.25) is 5.02 Å². The van der Waals surface area contributed by atoms with Crippen LogP contribution in [-0.2, 0) is 16.0 Å². The van der Waals surface area contributed by atoms with Crippen LogP contribution in [-0.4, -0.2) is 36.6 Å². The van der Waals surface area contributed by atoms with Gasteiger partial charge in [0.1, 0.15) is 5.58 Å². The molecule has 0 aliphatic carbocycles. The van der Waals surface area contributed by atoms with Crippen LogP contribution in [0.3, 0.4) is 0 Å². The maximum absolute atomic E-state index is 12.5. The molecule has 0 radical (unpaired) electrons. The van der Waals surface area contributed by atoms with E-state index in [-0.39, 0.29) is 18.2 Å². The molecule has 0 saturated carbocycles. The summed E-state index contributed by atoms with van der Waals surface area (Å²) in [6.45, 7) is 4.63. The van der Waals surface area contributed by atoms with E-state index in [1.807, 2.05) is 18.4 Å². The Labute approximate surface area is 161 Å². The number of fused-ring (bicyclic) bond motifs is 1. The minimum absolute atomic E-state index is 0.0330. The Kier molecular flexibility index (Phi) is 5.68. The normalized spacial score (nSPS) is 11.1. The van der Waals surface area contributed by atoms with Crippen LogP contribution < -0.4 is 0 Å². The Morgan fingerprint density at radius 2 is 1.96 bits per heavy atom. The zero-order chi connectivity index (χ0) is 19.6. The van der Waals surface area contributed by atoms with E-state index in [0.717, 1.165) is 11.4 Å². The van der Waals surface area contributed by atoms with Gasteiger partial charge >= 0.3 is 5.97 Å². The van der Waals surface area contributed by atoms with Crippen molar-refractivity contribution in [3.8, 4) is 0 Å². The number of esters is 1. The summed E-state index contributed by atoms with van der Waals surface area (Å²) in [7, 11) is 1.63. The first-order valence-electron chi connectivity index (χ1n) is 8.45. The van der Waals surface area contributed by atoms with Crippen LogP contribution >= 0.6 is 11.6 Å². The third kappa shape index (κ3) is 4.07. The number of hydrogen-bond acceptors (Lipinski definition) is 5. The molecule has 0 unspecified atom stereocenters. The molecule has 3 aromatic rings. The van der Waals surface area contributed by atoms with Crippen LogP contribution in [0, 0.1) is 13.8 Å². The summed E-state index contributed by atoms with van der Waals surface area (Å²) in [5.74, 6) is -0.922. The first-order valence-corrected chi connectivity index (χ1v) is 8.83. The molecule has 0 aliphatic heterocycles. The molecule has 0 bridgehead atoms. The summed E-state index contributed by atoms with van der Waals surface area (Å²) >= 11 is 5.93. The quantitative estimate of drug-likeness (QED) is 0.447. The van der Waals surface area contributed by atoms with Gasteiger partial charge in [-0.3, -0.25) is 4.79 Å². The number of furan rings is 1. The number of aryl methyl sites for hydroxylation is 1. The average molecular weight is 390 g/mol. The lowest BCUT2D eigenvalue weighted by Gasteiger charge is -2.08. The van der Waals surface area contributed by atoms with E-state index in [4.69, 9.17) is 25.5 Å². The number of rotatable bonds is 7. The van der Waals surface area contributed by atoms with Crippen molar-refractivity contribution >= 4 is 34.3 Å². The molecular weight excluding hydrogens is 370 g/mol. The molecule has 3 rings (SSSR count). The number of aromatic nitrogens is 1. The molecular formula is C20H20ClNO5. The number of ether oxygens (including phenoxy) is 2. The second kappa shape index (κ2) is 7.98. The molecule has 0 N–H and O–H groups in total. The van der Waals surface area contributed by atoms with Gasteiger partial charge in [-0.15, -0.1) is 0 Å². The Morgan fingerprint density at radius 1 is 1.19 bits per heavy atom. The Balaban J connectivity index is 1.68. The fourth-order valence-electron chi connectivity index (χ4n) is 3.00. The highest BCUT2D eigenvalue weighted by Crippen LogP contribution is 2.23. The van der Waals surface area contributed by atoms with Gasteiger partial charge < -0.3 is 18.5 Å². The Hall–Kier alpha value is -2.57. The monoisotopic (exact) mass is 389 g/mol. The summed E-state index contributed by atoms with van der Waals surface area (Å²) in [6, 6.07) is 8.38. The van der Waals surface area contributed by atoms with Crippen LogP contribution in [0.5, 0.6) is 0 Å². The molecule has 1 aromatic carbocycles. The first-order chi connectivity index (χ1) is 12.9. The van der Waals surface area contributed by atoms with E-state index in [1.54, 1.807) is 37.4 Å². The summed E-state index contributed by atoms with van der Waals surface area (Å²) in [4.78, 5) is 24.7. The van der Waals surface area contributed by atoms with E-state index < -0.39 is 5.97 Å². The van der Waals surface area contributed by atoms with Crippen molar-refractivity contribution in [2.24, 2.45) is 0 Å². The van der Waals surface area contributed by atoms with E-state index >= 15 is 0 Å². The highest BCUT2D eigenvalue weighted by Gasteiger charge is 2.19. The van der Waals surface area contributed by atoms with Crippen LogP contribution in [0.1, 0.15) is 32.3 Å². The van der Waals surface area contributed by atoms with Gasteiger partial charge in [-0.1, -0.05) is 11.6 Å². The highest BCUT2D eigenvalue weighted by atomic mass is 35.5. The predicted molar refractivity (Wildman–Crippen MR) is 102 cm³/mol. The first kappa shape index (κ1) is 19.2. The molecule has 2 aromatic heterocycles. The summed E-state index contributed by atoms with van der Waals surface area (Å²) in [5.41, 5.74) is 2.84. The molecule has 27 heavy (non-hydrogen) atoms. The van der Waals surface area contributed by atoms with Gasteiger partial charge in [0.25, 0.3) is 0 Å². The minimum atomic E-state index is -0.691. The smallest absolute Gasteiger partial charge is 0.374 e. The number of carbonyl (C=O) groups is 2. The van der Waals surface area contributed by atoms with Gasteiger partial charge in [-0.05, 0) is 44.2 Å². The van der Waals surface area contributed by atoms with Crippen molar-refractivity contribution in [1.82, 2.24) is 4.57 Å². The van der Waals surface area contributed by atoms with Crippen LogP contribution in [0.4, 0.5) is 0 Å². The lowest BCUT2D eigenvalue weighted by molar-refractivity contribution is 0.0446. The van der Waals surface area contributed by atoms with Gasteiger partial charge in [0.2, 0.25) is 11.5 Å². The van der Waals surface area contributed by atoms with Gasteiger partial charge in [0.05, 0.1) is 6.61 Å². The van der Waals surface area contributed by atoms with Crippen LogP contribution in [0.15, 0.2) is 34.7 Å². The molecule has 2 heterocycles. The topological polar surface area (TPSA) is 70.7 Å². The van der Waals surface area contributed by atoms with Gasteiger partial charge in [-0.25, -0.2) is 4.79 Å². The molecule has 0 saturated heterocycles. The summed E-state index contributed by atoms with van der Waals surface area (Å²) in [5, 5.41) is 1.24. The van der Waals surface area contributed by atoms with Crippen LogP contribution in [0.25, 0.3) is 11.0 Å². The fraction of sp³-hybridized carbons (Fsp3) is 0.300. The van der Waals surface area contributed by atoms with E-state index in [1.165, 1.54) is 0 Å². The van der Waals surface area contributed by atoms with E-state index in [0.29, 0.717) is 34.7 Å². The molecule has 0 amide bonds. The molecule has 0 aliphatic rings. The zero-order valence-corrected chi connectivity index (χ0v) is 16.1. The van der Waals surface area contributed by atoms with Gasteiger partial charge in [-0.2, -0.15) is 0 Å². The second-order valence-corrected chi connectivity index (χ2v) is 6.66. The number of ketones is 1. The maximum Gasteiger partial charge on any atom is 0.374 e. The lowest BCUT2D eigenvalue weighted by Crippen LogP contribution is -2.15. The number of halogens is 1. The summed E-state index contributed by atoms with van der Waals surface area (Å²) in [6.07, 6.45) is 0. The number of nitrogens with zero attached hydrogens (tertiary/aromatic N) is 1. The Bertz CT molecular complexity index is 1000. The Morgan fingerprint density at radius 3 is 2.70 bits per heavy atom. The molecule has 142 valence electrons. The standard InChI is InChI=1S/C20H20ClNO5/c1-12-8-16(13(2)22(12)6-7-25-3)17(23)11-26-20(24)19-10-14-9-15(21)4-5-18(14)27-19/h4-5,8-10H,6-7,11H2,1-3H3. The van der Waals surface area contributed by atoms with E-state index in [2.05, 4.69) is 0 Å². The highest BCUT2D eigenvalue weighted by molar-refractivity contribution is 6.31. The minimum Gasteiger partial charge on any atom is -0.451 e. The van der Waals surface area contributed by atoms with Crippen molar-refractivity contribution in [2.75, 3.05) is 20.3 Å². The van der Waals surface area contributed by atoms with Gasteiger partial charge in [0, 0.05) is 41.0 Å². The SMILES string of the molecule is COCCn1c(C)cc(C(=O)COC(=O)c2cc3cc(Cl)ccc3o2)c1C. The summed E-state index contributed by atoms with van der Waals surface area (Å²) < 4.78 is 17.7. The molecule has 6 nitrogen and oxygen atoms in total. The number of Topliss-reactive ketones (excluding diaryl/α,β-unsaturated/α-hetero) is 1. The molecule has 7 heteroatoms. The van der Waals surface area contributed by atoms with E-state index in [9.17, 15) is 9.59 Å². The van der Waals surface area contributed by atoms with Gasteiger partial charge in [0.15, 0.2) is 6.61 Å². The third-order valence-electron chi connectivity index (χ3n) is 4.41. The predicted octanol–water partition coefficient (Wildman–Crippen LogP) is 4.19. The van der Waals surface area contributed by atoms with Crippen molar-refractivity contribution < 1.29 is 23.5 Å². The van der Waals surface area contributed by atoms with Crippen molar-refractivity contribution in [3.05, 3.63) is 58.1 Å².